The topological polar surface area (TPSA) is 66.5 Å². The van der Waals surface area contributed by atoms with E-state index in [1.54, 1.807) is 18.3 Å². The molecule has 1 atom stereocenters. The molecule has 5 nitrogen and oxygen atoms in total. The van der Waals surface area contributed by atoms with E-state index in [1.165, 1.54) is 0 Å². The number of nitriles is 1. The molecule has 2 heterocycles. The lowest BCUT2D eigenvalue weighted by Gasteiger charge is -2.17. The highest BCUT2D eigenvalue weighted by molar-refractivity contribution is 6.32. The third kappa shape index (κ3) is 3.68. The average Bonchev–Trinajstić information content (AvgIpc) is 3.16. The molecule has 0 aliphatic heterocycles. The zero-order valence-electron chi connectivity index (χ0n) is 15.3. The van der Waals surface area contributed by atoms with E-state index in [4.69, 9.17) is 16.9 Å². The quantitative estimate of drug-likeness (QED) is 0.515. The summed E-state index contributed by atoms with van der Waals surface area (Å²) in [6, 6.07) is 17.7. The Morgan fingerprint density at radius 1 is 1.21 bits per heavy atom. The van der Waals surface area contributed by atoms with Crippen molar-refractivity contribution in [3.8, 4) is 17.3 Å². The maximum absolute atomic E-state index is 9.01. The highest BCUT2D eigenvalue weighted by Gasteiger charge is 2.10. The van der Waals surface area contributed by atoms with Gasteiger partial charge in [-0.3, -0.25) is 9.67 Å². The maximum Gasteiger partial charge on any atom is 0.101 e. The number of benzene rings is 2. The fourth-order valence-electron chi connectivity index (χ4n) is 3.22. The monoisotopic (exact) mass is 387 g/mol. The second-order valence-electron chi connectivity index (χ2n) is 6.68. The van der Waals surface area contributed by atoms with Gasteiger partial charge in [-0.2, -0.15) is 10.4 Å². The third-order valence-electron chi connectivity index (χ3n) is 4.57. The molecule has 0 aliphatic carbocycles. The van der Waals surface area contributed by atoms with Crippen LogP contribution in [-0.2, 0) is 6.54 Å². The van der Waals surface area contributed by atoms with Gasteiger partial charge in [-0.15, -0.1) is 0 Å². The number of rotatable bonds is 5. The second kappa shape index (κ2) is 7.71. The summed E-state index contributed by atoms with van der Waals surface area (Å²) in [5, 5.41) is 19.9. The Bertz CT molecular complexity index is 1170. The van der Waals surface area contributed by atoms with Gasteiger partial charge < -0.3 is 5.32 Å². The molecule has 28 heavy (non-hydrogen) atoms. The van der Waals surface area contributed by atoms with Crippen molar-refractivity contribution >= 4 is 28.1 Å². The van der Waals surface area contributed by atoms with E-state index < -0.39 is 0 Å². The smallest absolute Gasteiger partial charge is 0.101 e. The van der Waals surface area contributed by atoms with Crippen LogP contribution in [0.4, 0.5) is 5.69 Å². The van der Waals surface area contributed by atoms with Crippen molar-refractivity contribution in [3.05, 3.63) is 77.7 Å². The van der Waals surface area contributed by atoms with E-state index >= 15 is 0 Å². The number of aromatic nitrogens is 3. The van der Waals surface area contributed by atoms with Gasteiger partial charge in [0.1, 0.15) is 6.07 Å². The van der Waals surface area contributed by atoms with Crippen molar-refractivity contribution in [2.45, 2.75) is 19.5 Å². The Balaban J connectivity index is 1.49. The molecule has 0 amide bonds. The number of halogens is 1. The Kier molecular flexibility index (Phi) is 4.96. The molecular weight excluding hydrogens is 370 g/mol. The first-order chi connectivity index (χ1) is 13.6. The van der Waals surface area contributed by atoms with Crippen LogP contribution >= 0.6 is 11.6 Å². The average molecular weight is 388 g/mol. The number of nitrogens with zero attached hydrogens (tertiary/aromatic N) is 4. The molecule has 0 radical (unpaired) electrons. The predicted octanol–water partition coefficient (Wildman–Crippen LogP) is 5.12. The molecule has 0 saturated heterocycles. The molecular formula is C22H18ClN5. The number of pyridine rings is 1. The predicted molar refractivity (Wildman–Crippen MR) is 112 cm³/mol. The van der Waals surface area contributed by atoms with Gasteiger partial charge in [0.2, 0.25) is 0 Å². The summed E-state index contributed by atoms with van der Waals surface area (Å²) in [6.45, 7) is 2.84. The van der Waals surface area contributed by atoms with Gasteiger partial charge in [0.25, 0.3) is 0 Å². The minimum atomic E-state index is 0.177. The Hall–Kier alpha value is -3.36. The molecule has 4 rings (SSSR count). The normalized spacial score (nSPS) is 11.9. The van der Waals surface area contributed by atoms with Crippen LogP contribution in [-0.4, -0.2) is 20.8 Å². The van der Waals surface area contributed by atoms with Crippen LogP contribution < -0.4 is 5.32 Å². The lowest BCUT2D eigenvalue weighted by molar-refractivity contribution is 0.562. The van der Waals surface area contributed by atoms with Gasteiger partial charge in [0.15, 0.2) is 0 Å². The van der Waals surface area contributed by atoms with Crippen LogP contribution in [0.1, 0.15) is 12.5 Å². The minimum absolute atomic E-state index is 0.177. The zero-order valence-corrected chi connectivity index (χ0v) is 16.1. The minimum Gasteiger partial charge on any atom is -0.380 e. The number of nitrogens with one attached hydrogen (secondary N) is 1. The summed E-state index contributed by atoms with van der Waals surface area (Å²) in [5.41, 5.74) is 3.27. The number of fused-ring (bicyclic) bond motifs is 1. The summed E-state index contributed by atoms with van der Waals surface area (Å²) in [7, 11) is 0. The number of hydrogen-bond acceptors (Lipinski definition) is 4. The first-order valence-electron chi connectivity index (χ1n) is 8.97. The molecule has 2 aromatic carbocycles. The highest BCUT2D eigenvalue weighted by atomic mass is 35.5. The lowest BCUT2D eigenvalue weighted by Crippen LogP contribution is -2.22. The van der Waals surface area contributed by atoms with E-state index in [2.05, 4.69) is 40.5 Å². The van der Waals surface area contributed by atoms with Crippen LogP contribution in [0.25, 0.3) is 22.0 Å². The zero-order chi connectivity index (χ0) is 19.5. The molecule has 0 bridgehead atoms. The molecule has 0 unspecified atom stereocenters. The Morgan fingerprint density at radius 3 is 2.93 bits per heavy atom. The molecule has 6 heteroatoms. The van der Waals surface area contributed by atoms with E-state index in [9.17, 15) is 0 Å². The Morgan fingerprint density at radius 2 is 2.11 bits per heavy atom. The molecule has 1 N–H and O–H groups in total. The number of hydrogen-bond donors (Lipinski definition) is 1. The number of anilines is 1. The van der Waals surface area contributed by atoms with Gasteiger partial charge in [0, 0.05) is 46.7 Å². The van der Waals surface area contributed by atoms with Gasteiger partial charge in [-0.05, 0) is 37.3 Å². The molecule has 0 saturated carbocycles. The lowest BCUT2D eigenvalue weighted by atomic mass is 10.1. The molecule has 4 aromatic rings. The van der Waals surface area contributed by atoms with E-state index in [0.717, 1.165) is 27.7 Å². The Labute approximate surface area is 168 Å². The second-order valence-corrected chi connectivity index (χ2v) is 7.08. The first-order valence-corrected chi connectivity index (χ1v) is 9.34. The van der Waals surface area contributed by atoms with Crippen LogP contribution in [0.2, 0.25) is 5.02 Å². The SMILES string of the molecule is C[C@@H](Cn1ccc(-c2ccc(C#N)c(Cl)c2)n1)Nc1cccc2cnccc12. The van der Waals surface area contributed by atoms with Crippen molar-refractivity contribution in [2.75, 3.05) is 5.32 Å². The summed E-state index contributed by atoms with van der Waals surface area (Å²) in [6.07, 6.45) is 5.63. The fraction of sp³-hybridized carbons (Fsp3) is 0.136. The van der Waals surface area contributed by atoms with Gasteiger partial charge >= 0.3 is 0 Å². The summed E-state index contributed by atoms with van der Waals surface area (Å²) in [4.78, 5) is 4.18. The van der Waals surface area contributed by atoms with Gasteiger partial charge in [0.05, 0.1) is 22.8 Å². The highest BCUT2D eigenvalue weighted by Crippen LogP contribution is 2.25. The summed E-state index contributed by atoms with van der Waals surface area (Å²) < 4.78 is 1.91. The standard InChI is InChI=1S/C22H18ClN5/c1-15(26-22-4-2-3-18-13-25-9-7-19(18)22)14-28-10-8-21(27-28)16-5-6-17(12-24)20(23)11-16/h2-11,13,15,26H,14H2,1H3/t15-/m0/s1. The van der Waals surface area contributed by atoms with Crippen LogP contribution in [0.15, 0.2) is 67.1 Å². The van der Waals surface area contributed by atoms with E-state index in [0.29, 0.717) is 17.1 Å². The van der Waals surface area contributed by atoms with Crippen molar-refractivity contribution in [3.63, 3.8) is 0 Å². The van der Waals surface area contributed by atoms with E-state index in [-0.39, 0.29) is 6.04 Å². The van der Waals surface area contributed by atoms with Crippen molar-refractivity contribution < 1.29 is 0 Å². The maximum atomic E-state index is 9.01. The van der Waals surface area contributed by atoms with Gasteiger partial charge in [-0.1, -0.05) is 29.8 Å². The van der Waals surface area contributed by atoms with E-state index in [1.807, 2.05) is 41.3 Å². The van der Waals surface area contributed by atoms with Crippen LogP contribution in [0.5, 0.6) is 0 Å². The molecule has 0 fully saturated rings. The summed E-state index contributed by atoms with van der Waals surface area (Å²) >= 11 is 6.14. The molecule has 138 valence electrons. The van der Waals surface area contributed by atoms with Crippen LogP contribution in [0.3, 0.4) is 0 Å². The molecule has 2 aromatic heterocycles. The first kappa shape index (κ1) is 18.0. The molecule has 0 aliphatic rings. The van der Waals surface area contributed by atoms with Gasteiger partial charge in [-0.25, -0.2) is 0 Å². The van der Waals surface area contributed by atoms with Crippen LogP contribution in [0, 0.1) is 11.3 Å². The van der Waals surface area contributed by atoms with Crippen molar-refractivity contribution in [1.29, 1.82) is 5.26 Å². The third-order valence-corrected chi connectivity index (χ3v) is 4.88. The largest absolute Gasteiger partial charge is 0.380 e. The fourth-order valence-corrected chi connectivity index (χ4v) is 3.45. The summed E-state index contributed by atoms with van der Waals surface area (Å²) in [5.74, 6) is 0. The van der Waals surface area contributed by atoms with Crippen molar-refractivity contribution in [1.82, 2.24) is 14.8 Å². The van der Waals surface area contributed by atoms with Crippen molar-refractivity contribution in [2.24, 2.45) is 0 Å². The molecule has 0 spiro atoms.